The van der Waals surface area contributed by atoms with Crippen molar-refractivity contribution in [3.05, 3.63) is 12.4 Å². The maximum absolute atomic E-state index is 6.01. The van der Waals surface area contributed by atoms with Crippen LogP contribution in [0.5, 0.6) is 0 Å². The smallest absolute Gasteiger partial charge is 0.167 e. The van der Waals surface area contributed by atoms with Crippen molar-refractivity contribution >= 4 is 11.8 Å². The molecule has 20 heavy (non-hydrogen) atoms. The molecular weight excluding hydrogens is 266 g/mol. The van der Waals surface area contributed by atoms with Gasteiger partial charge in [0.1, 0.15) is 0 Å². The molecule has 3 atom stereocenters. The summed E-state index contributed by atoms with van der Waals surface area (Å²) >= 11 is 1.93. The fourth-order valence-corrected chi connectivity index (χ4v) is 4.59. The van der Waals surface area contributed by atoms with Gasteiger partial charge in [0, 0.05) is 24.7 Å². The maximum Gasteiger partial charge on any atom is 0.167 e. The molecule has 1 saturated carbocycles. The molecule has 1 fully saturated rings. The molecule has 2 N–H and O–H groups in total. The van der Waals surface area contributed by atoms with Crippen molar-refractivity contribution in [2.24, 2.45) is 30.0 Å². The Bertz CT molecular complexity index is 427. The zero-order valence-electron chi connectivity index (χ0n) is 13.3. The summed E-state index contributed by atoms with van der Waals surface area (Å²) in [5, 5.41) is 1.74. The van der Waals surface area contributed by atoms with Crippen LogP contribution in [0, 0.1) is 17.3 Å². The molecule has 0 aliphatic heterocycles. The van der Waals surface area contributed by atoms with Gasteiger partial charge in [-0.15, -0.1) is 0 Å². The van der Waals surface area contributed by atoms with Crippen LogP contribution in [0.2, 0.25) is 0 Å². The number of nitrogens with zero attached hydrogens (tertiary/aromatic N) is 2. The van der Waals surface area contributed by atoms with Gasteiger partial charge in [0.15, 0.2) is 5.16 Å². The number of hydrogen-bond acceptors (Lipinski definition) is 3. The summed E-state index contributed by atoms with van der Waals surface area (Å²) in [7, 11) is 2.07. The van der Waals surface area contributed by atoms with Gasteiger partial charge in [0.25, 0.3) is 0 Å². The second kappa shape index (κ2) is 6.52. The highest BCUT2D eigenvalue weighted by atomic mass is 32.2. The van der Waals surface area contributed by atoms with E-state index in [1.807, 2.05) is 24.2 Å². The van der Waals surface area contributed by atoms with E-state index >= 15 is 0 Å². The molecule has 0 aromatic carbocycles. The van der Waals surface area contributed by atoms with Crippen molar-refractivity contribution in [3.63, 3.8) is 0 Å². The Morgan fingerprint density at radius 3 is 2.75 bits per heavy atom. The number of aryl methyl sites for hydroxylation is 1. The maximum atomic E-state index is 6.01. The van der Waals surface area contributed by atoms with Gasteiger partial charge in [-0.05, 0) is 43.1 Å². The zero-order valence-corrected chi connectivity index (χ0v) is 14.1. The molecule has 2 rings (SSSR count). The van der Waals surface area contributed by atoms with Crippen LogP contribution in [-0.4, -0.2) is 21.3 Å². The normalized spacial score (nSPS) is 27.8. The summed E-state index contributed by atoms with van der Waals surface area (Å²) in [5.74, 6) is 1.45. The zero-order chi connectivity index (χ0) is 14.8. The van der Waals surface area contributed by atoms with Gasteiger partial charge in [0.05, 0.1) is 0 Å². The first kappa shape index (κ1) is 15.9. The quantitative estimate of drug-likeness (QED) is 0.901. The number of nitrogens with two attached hydrogens (primary N) is 1. The van der Waals surface area contributed by atoms with Gasteiger partial charge in [0.2, 0.25) is 0 Å². The van der Waals surface area contributed by atoms with Gasteiger partial charge < -0.3 is 10.3 Å². The Morgan fingerprint density at radius 2 is 2.20 bits per heavy atom. The first-order valence-corrected chi connectivity index (χ1v) is 8.70. The Labute approximate surface area is 127 Å². The molecule has 1 aliphatic carbocycles. The van der Waals surface area contributed by atoms with Gasteiger partial charge in [-0.25, -0.2) is 4.98 Å². The summed E-state index contributed by atoms with van der Waals surface area (Å²) in [6.45, 7) is 7.96. The first-order chi connectivity index (χ1) is 9.47. The molecule has 3 nitrogen and oxygen atoms in total. The van der Waals surface area contributed by atoms with Gasteiger partial charge in [-0.1, -0.05) is 39.0 Å². The van der Waals surface area contributed by atoms with Crippen LogP contribution >= 0.6 is 11.8 Å². The largest absolute Gasteiger partial charge is 0.330 e. The molecule has 0 radical (unpaired) electrons. The summed E-state index contributed by atoms with van der Waals surface area (Å²) in [6.07, 6.45) is 9.05. The lowest BCUT2D eigenvalue weighted by molar-refractivity contribution is 0.134. The van der Waals surface area contributed by atoms with Crippen LogP contribution < -0.4 is 5.73 Å². The molecule has 3 unspecified atom stereocenters. The summed E-state index contributed by atoms with van der Waals surface area (Å²) < 4.78 is 2.12. The van der Waals surface area contributed by atoms with E-state index in [-0.39, 0.29) is 0 Å². The molecule has 1 aliphatic rings. The Hall–Kier alpha value is -0.480. The topological polar surface area (TPSA) is 43.8 Å². The monoisotopic (exact) mass is 295 g/mol. The predicted molar refractivity (Wildman–Crippen MR) is 86.8 cm³/mol. The SMILES string of the molecule is CCC(C)(C)C1CCC(CN)C(Sc2nccn2C)C1. The van der Waals surface area contributed by atoms with Crippen LogP contribution in [0.25, 0.3) is 0 Å². The number of thioether (sulfide) groups is 1. The van der Waals surface area contributed by atoms with E-state index in [1.165, 1.54) is 25.7 Å². The minimum atomic E-state index is 0.444. The van der Waals surface area contributed by atoms with E-state index in [2.05, 4.69) is 37.4 Å². The Balaban J connectivity index is 2.09. The van der Waals surface area contributed by atoms with Crippen LogP contribution in [0.15, 0.2) is 17.6 Å². The molecule has 1 aromatic rings. The van der Waals surface area contributed by atoms with Gasteiger partial charge >= 0.3 is 0 Å². The lowest BCUT2D eigenvalue weighted by atomic mass is 9.67. The van der Waals surface area contributed by atoms with E-state index in [4.69, 9.17) is 5.73 Å². The predicted octanol–water partition coefficient (Wildman–Crippen LogP) is 3.69. The molecule has 4 heteroatoms. The molecule has 0 spiro atoms. The number of rotatable bonds is 5. The highest BCUT2D eigenvalue weighted by molar-refractivity contribution is 7.99. The highest BCUT2D eigenvalue weighted by Crippen LogP contribution is 2.46. The van der Waals surface area contributed by atoms with E-state index in [1.54, 1.807) is 0 Å². The van der Waals surface area contributed by atoms with E-state index in [9.17, 15) is 0 Å². The van der Waals surface area contributed by atoms with Crippen molar-refractivity contribution in [2.75, 3.05) is 6.54 Å². The van der Waals surface area contributed by atoms with E-state index in [0.717, 1.165) is 17.6 Å². The van der Waals surface area contributed by atoms with Gasteiger partial charge in [-0.3, -0.25) is 0 Å². The molecule has 1 heterocycles. The summed E-state index contributed by atoms with van der Waals surface area (Å²) in [5.41, 5.74) is 6.45. The molecule has 0 bridgehead atoms. The molecular formula is C16H29N3S. The molecule has 0 saturated heterocycles. The van der Waals surface area contributed by atoms with Crippen molar-refractivity contribution in [1.82, 2.24) is 9.55 Å². The number of imidazole rings is 1. The van der Waals surface area contributed by atoms with Crippen molar-refractivity contribution in [3.8, 4) is 0 Å². The van der Waals surface area contributed by atoms with E-state index in [0.29, 0.717) is 16.6 Å². The molecule has 1 aromatic heterocycles. The van der Waals surface area contributed by atoms with Crippen molar-refractivity contribution < 1.29 is 0 Å². The Morgan fingerprint density at radius 1 is 1.45 bits per heavy atom. The first-order valence-electron chi connectivity index (χ1n) is 7.82. The summed E-state index contributed by atoms with van der Waals surface area (Å²) in [4.78, 5) is 4.47. The lowest BCUT2D eigenvalue weighted by Gasteiger charge is -2.42. The fourth-order valence-electron chi connectivity index (χ4n) is 3.21. The van der Waals surface area contributed by atoms with Gasteiger partial charge in [-0.2, -0.15) is 0 Å². The van der Waals surface area contributed by atoms with Crippen molar-refractivity contribution in [1.29, 1.82) is 0 Å². The molecule has 0 amide bonds. The number of aromatic nitrogens is 2. The third kappa shape index (κ3) is 3.40. The van der Waals surface area contributed by atoms with E-state index < -0.39 is 0 Å². The van der Waals surface area contributed by atoms with Crippen LogP contribution in [0.1, 0.15) is 46.5 Å². The average Bonchev–Trinajstić information content (AvgIpc) is 2.84. The van der Waals surface area contributed by atoms with Crippen LogP contribution in [-0.2, 0) is 7.05 Å². The second-order valence-electron chi connectivity index (χ2n) is 6.82. The number of hydrogen-bond donors (Lipinski definition) is 1. The third-order valence-corrected chi connectivity index (χ3v) is 6.77. The fraction of sp³-hybridized carbons (Fsp3) is 0.812. The summed E-state index contributed by atoms with van der Waals surface area (Å²) in [6, 6.07) is 0. The lowest BCUT2D eigenvalue weighted by Crippen LogP contribution is -2.37. The average molecular weight is 295 g/mol. The van der Waals surface area contributed by atoms with Crippen LogP contribution in [0.3, 0.4) is 0 Å². The minimum Gasteiger partial charge on any atom is -0.330 e. The van der Waals surface area contributed by atoms with Crippen LogP contribution in [0.4, 0.5) is 0 Å². The highest BCUT2D eigenvalue weighted by Gasteiger charge is 2.37. The third-order valence-electron chi connectivity index (χ3n) is 5.28. The second-order valence-corrected chi connectivity index (χ2v) is 8.03. The minimum absolute atomic E-state index is 0.444. The standard InChI is InChI=1S/C16H29N3S/c1-5-16(2,3)13-7-6-12(11-17)14(10-13)20-15-18-8-9-19(15)4/h8-9,12-14H,5-7,10-11,17H2,1-4H3. The van der Waals surface area contributed by atoms with Crippen molar-refractivity contribution in [2.45, 2.75) is 56.9 Å². The Kier molecular flexibility index (Phi) is 5.19. The molecule has 114 valence electrons.